The number of aromatic nitrogens is 2. The second-order valence-corrected chi connectivity index (χ2v) is 10.3. The van der Waals surface area contributed by atoms with E-state index < -0.39 is 24.3 Å². The molecular formula is C27H23Cl2F4N5OS. The molecule has 0 aliphatic rings. The van der Waals surface area contributed by atoms with E-state index in [1.165, 1.54) is 46.6 Å². The first-order chi connectivity index (χ1) is 18.9. The van der Waals surface area contributed by atoms with Crippen molar-refractivity contribution in [3.05, 3.63) is 99.4 Å². The third-order valence-corrected chi connectivity index (χ3v) is 7.51. The molecule has 0 amide bonds. The summed E-state index contributed by atoms with van der Waals surface area (Å²) in [6, 6.07) is 12.4. The zero-order chi connectivity index (χ0) is 29.4. The van der Waals surface area contributed by atoms with Crippen LogP contribution < -0.4 is 16.6 Å². The van der Waals surface area contributed by atoms with Gasteiger partial charge in [0.05, 0.1) is 28.7 Å². The number of benzene rings is 3. The van der Waals surface area contributed by atoms with Gasteiger partial charge in [-0.1, -0.05) is 29.3 Å². The highest BCUT2D eigenvalue weighted by Gasteiger charge is 2.35. The Hall–Kier alpha value is -3.22. The number of aliphatic hydroxyl groups excluding tert-OH is 1. The molecule has 0 fully saturated rings. The summed E-state index contributed by atoms with van der Waals surface area (Å²) in [6.45, 7) is 0.953. The van der Waals surface area contributed by atoms with Crippen LogP contribution >= 0.6 is 35.0 Å². The average Bonchev–Trinajstić information content (AvgIpc) is 3.31. The topological polar surface area (TPSA) is 93.3 Å². The molecule has 0 aliphatic carbocycles. The molecule has 6 nitrogen and oxygen atoms in total. The highest BCUT2D eigenvalue weighted by molar-refractivity contribution is 7.98. The van der Waals surface area contributed by atoms with Crippen molar-refractivity contribution in [2.45, 2.75) is 24.6 Å². The van der Waals surface area contributed by atoms with Crippen LogP contribution in [0.3, 0.4) is 0 Å². The molecule has 0 bridgehead atoms. The summed E-state index contributed by atoms with van der Waals surface area (Å²) in [4.78, 5) is 4.20. The lowest BCUT2D eigenvalue weighted by Crippen LogP contribution is -2.31. The predicted octanol–water partition coefficient (Wildman–Crippen LogP) is 7.16. The number of halogens is 6. The van der Waals surface area contributed by atoms with Gasteiger partial charge in [-0.2, -0.15) is 13.2 Å². The van der Waals surface area contributed by atoms with E-state index in [9.17, 15) is 22.7 Å². The molecule has 40 heavy (non-hydrogen) atoms. The van der Waals surface area contributed by atoms with E-state index in [0.29, 0.717) is 26.6 Å². The molecular weight excluding hydrogens is 589 g/mol. The fourth-order valence-electron chi connectivity index (χ4n) is 4.19. The van der Waals surface area contributed by atoms with Crippen molar-refractivity contribution in [1.29, 1.82) is 0 Å². The molecule has 0 saturated carbocycles. The molecule has 1 aromatic heterocycles. The number of aryl methyl sites for hydroxylation is 1. The lowest BCUT2D eigenvalue weighted by molar-refractivity contribution is -0.141. The van der Waals surface area contributed by atoms with Gasteiger partial charge in [-0.25, -0.2) is 15.2 Å². The Balaban J connectivity index is 1.95. The Kier molecular flexibility index (Phi) is 8.72. The summed E-state index contributed by atoms with van der Waals surface area (Å²) in [6.07, 6.45) is -0.848. The molecule has 13 heteroatoms. The summed E-state index contributed by atoms with van der Waals surface area (Å²) in [7, 11) is 0. The van der Waals surface area contributed by atoms with Crippen molar-refractivity contribution < 1.29 is 22.7 Å². The number of thioether (sulfide) groups is 1. The second kappa shape index (κ2) is 11.7. The summed E-state index contributed by atoms with van der Waals surface area (Å²) < 4.78 is 56.5. The molecule has 0 spiro atoms. The molecule has 0 radical (unpaired) electrons. The van der Waals surface area contributed by atoms with Gasteiger partial charge in [0.25, 0.3) is 0 Å². The van der Waals surface area contributed by atoms with Gasteiger partial charge in [0.1, 0.15) is 11.6 Å². The first kappa shape index (κ1) is 29.8. The van der Waals surface area contributed by atoms with Crippen LogP contribution in [0.4, 0.5) is 23.2 Å². The highest BCUT2D eigenvalue weighted by Crippen LogP contribution is 2.38. The van der Waals surface area contributed by atoms with Crippen molar-refractivity contribution in [1.82, 2.24) is 9.55 Å². The summed E-state index contributed by atoms with van der Waals surface area (Å²) in [5.74, 6) is 6.03. The number of nitrogens with two attached hydrogens (primary N) is 2. The molecule has 4 aromatic rings. The number of hydrogen-bond acceptors (Lipinski definition) is 6. The van der Waals surface area contributed by atoms with Crippen molar-refractivity contribution in [2.75, 3.05) is 11.3 Å². The number of rotatable bonds is 7. The van der Waals surface area contributed by atoms with E-state index in [1.807, 2.05) is 0 Å². The maximum atomic E-state index is 14.9. The van der Waals surface area contributed by atoms with Crippen LogP contribution in [0.15, 0.2) is 65.8 Å². The first-order valence-corrected chi connectivity index (χ1v) is 13.5. The van der Waals surface area contributed by atoms with Crippen LogP contribution in [-0.2, 0) is 12.8 Å². The van der Waals surface area contributed by atoms with Crippen molar-refractivity contribution in [2.24, 2.45) is 11.6 Å². The lowest BCUT2D eigenvalue weighted by Gasteiger charge is -2.26. The summed E-state index contributed by atoms with van der Waals surface area (Å²) >= 11 is 13.7. The van der Waals surface area contributed by atoms with Crippen LogP contribution in [-0.4, -0.2) is 20.9 Å². The SMILES string of the molecule is CSc1cc(-c2ccc(-n3cc(C(F)(F)F)nc3C)c(N(N)/C(=C\N)c3ccc(Cl)cc3Cl)c2)cc(F)c1CO. The first-order valence-electron chi connectivity index (χ1n) is 11.6. The Labute approximate surface area is 241 Å². The van der Waals surface area contributed by atoms with Crippen LogP contribution in [0.25, 0.3) is 22.5 Å². The van der Waals surface area contributed by atoms with E-state index in [0.717, 1.165) is 6.20 Å². The minimum atomic E-state index is -4.67. The van der Waals surface area contributed by atoms with Gasteiger partial charge in [0.2, 0.25) is 0 Å². The molecule has 0 atom stereocenters. The Morgan fingerprint density at radius 1 is 1.12 bits per heavy atom. The molecule has 4 rings (SSSR count). The largest absolute Gasteiger partial charge is 0.434 e. The molecule has 0 unspecified atom stereocenters. The number of hydrazine groups is 1. The number of hydrogen-bond donors (Lipinski definition) is 3. The third-order valence-electron chi connectivity index (χ3n) is 6.16. The molecule has 0 aliphatic heterocycles. The number of nitrogens with zero attached hydrogens (tertiary/aromatic N) is 3. The number of anilines is 1. The van der Waals surface area contributed by atoms with Gasteiger partial charge < -0.3 is 15.4 Å². The Morgan fingerprint density at radius 2 is 1.85 bits per heavy atom. The number of imidazole rings is 1. The molecule has 0 saturated heterocycles. The smallest absolute Gasteiger partial charge is 0.403 e. The lowest BCUT2D eigenvalue weighted by atomic mass is 10.0. The van der Waals surface area contributed by atoms with Crippen LogP contribution in [0.2, 0.25) is 10.0 Å². The van der Waals surface area contributed by atoms with Crippen LogP contribution in [0.5, 0.6) is 0 Å². The van der Waals surface area contributed by atoms with Gasteiger partial charge >= 0.3 is 6.18 Å². The normalized spacial score (nSPS) is 12.2. The Bertz CT molecular complexity index is 1610. The summed E-state index contributed by atoms with van der Waals surface area (Å²) in [5, 5.41) is 11.4. The van der Waals surface area contributed by atoms with E-state index in [2.05, 4.69) is 4.98 Å². The van der Waals surface area contributed by atoms with E-state index in [1.54, 1.807) is 42.7 Å². The summed E-state index contributed by atoms with van der Waals surface area (Å²) in [5.41, 5.74) is 7.08. The van der Waals surface area contributed by atoms with Gasteiger partial charge in [-0.3, -0.25) is 5.01 Å². The number of alkyl halides is 3. The predicted molar refractivity (Wildman–Crippen MR) is 152 cm³/mol. The zero-order valence-corrected chi connectivity index (χ0v) is 23.4. The van der Waals surface area contributed by atoms with Gasteiger partial charge in [-0.05, 0) is 66.8 Å². The minimum Gasteiger partial charge on any atom is -0.403 e. The van der Waals surface area contributed by atoms with E-state index in [4.69, 9.17) is 34.8 Å². The van der Waals surface area contributed by atoms with E-state index >= 15 is 0 Å². The van der Waals surface area contributed by atoms with Crippen LogP contribution in [0.1, 0.15) is 22.6 Å². The van der Waals surface area contributed by atoms with Crippen molar-refractivity contribution >= 4 is 46.3 Å². The van der Waals surface area contributed by atoms with Crippen molar-refractivity contribution in [3.8, 4) is 16.8 Å². The fourth-order valence-corrected chi connectivity index (χ4v) is 5.35. The van der Waals surface area contributed by atoms with Gasteiger partial charge in [-0.15, -0.1) is 11.8 Å². The number of aliphatic hydroxyl groups is 1. The molecule has 5 N–H and O–H groups in total. The average molecular weight is 612 g/mol. The highest BCUT2D eigenvalue weighted by atomic mass is 35.5. The quantitative estimate of drug-likeness (QED) is 0.0888. The van der Waals surface area contributed by atoms with Crippen molar-refractivity contribution in [3.63, 3.8) is 0 Å². The standard InChI is InChI=1S/C27H23Cl2F4N5OS/c1-14-36-26(27(31,32)33)12-37(14)22-6-3-15(16-7-21(30)19(13-39)25(9-16)40-2)8-23(22)38(35)24(11-34)18-5-4-17(28)10-20(18)29/h3-12,39H,13,34-35H2,1-2H3/b24-11-. The third kappa shape index (κ3) is 5.79. The minimum absolute atomic E-state index is 0.0561. The second-order valence-electron chi connectivity index (χ2n) is 8.59. The fraction of sp³-hybridized carbons (Fsp3) is 0.148. The van der Waals surface area contributed by atoms with Gasteiger partial charge in [0, 0.05) is 33.4 Å². The molecule has 3 aromatic carbocycles. The molecule has 1 heterocycles. The molecule has 210 valence electrons. The monoisotopic (exact) mass is 611 g/mol. The Morgan fingerprint density at radius 3 is 2.42 bits per heavy atom. The maximum Gasteiger partial charge on any atom is 0.434 e. The van der Waals surface area contributed by atoms with Gasteiger partial charge in [0.15, 0.2) is 5.69 Å². The van der Waals surface area contributed by atoms with E-state index in [-0.39, 0.29) is 33.5 Å². The zero-order valence-electron chi connectivity index (χ0n) is 21.1. The maximum absolute atomic E-state index is 14.9. The van der Waals surface area contributed by atoms with Crippen LogP contribution in [0, 0.1) is 12.7 Å².